The number of carbonyl (C=O) groups is 1. The van der Waals surface area contributed by atoms with Crippen molar-refractivity contribution < 1.29 is 9.32 Å². The number of likely N-dealkylation sites (tertiary alicyclic amines) is 1. The van der Waals surface area contributed by atoms with Crippen molar-refractivity contribution in [2.45, 2.75) is 39.8 Å². The first-order chi connectivity index (χ1) is 11.0. The lowest BCUT2D eigenvalue weighted by Gasteiger charge is -2.30. The van der Waals surface area contributed by atoms with Crippen LogP contribution >= 0.6 is 0 Å². The Balaban J connectivity index is 1.57. The van der Waals surface area contributed by atoms with Gasteiger partial charge in [0.15, 0.2) is 5.82 Å². The molecule has 0 radical (unpaired) electrons. The summed E-state index contributed by atoms with van der Waals surface area (Å²) in [6, 6.07) is 0.551. The molecule has 3 rings (SSSR count). The van der Waals surface area contributed by atoms with E-state index >= 15 is 0 Å². The largest absolute Gasteiger partial charge is 0.342 e. The van der Waals surface area contributed by atoms with Gasteiger partial charge in [0.2, 0.25) is 11.8 Å². The van der Waals surface area contributed by atoms with Gasteiger partial charge in [0, 0.05) is 59.2 Å². The van der Waals surface area contributed by atoms with Crippen LogP contribution in [0.3, 0.4) is 0 Å². The van der Waals surface area contributed by atoms with Crippen LogP contribution in [0.5, 0.6) is 0 Å². The number of hydrogen-bond acceptors (Lipinski definition) is 6. The van der Waals surface area contributed by atoms with E-state index < -0.39 is 0 Å². The normalized spacial score (nSPS) is 27.3. The van der Waals surface area contributed by atoms with E-state index in [0.29, 0.717) is 17.9 Å². The molecule has 0 spiro atoms. The topological polar surface area (TPSA) is 65.7 Å². The number of aryl methyl sites for hydroxylation is 1. The maximum absolute atomic E-state index is 11.6. The average Bonchev–Trinajstić information content (AvgIpc) is 2.96. The SMILES string of the molecule is CC(=O)N1CCCN(C2CN(Cc3noc(C)n3)CC2C)CC1. The number of hydrogen-bond donors (Lipinski definition) is 0. The fourth-order valence-electron chi connectivity index (χ4n) is 3.84. The van der Waals surface area contributed by atoms with Gasteiger partial charge in [-0.25, -0.2) is 0 Å². The minimum absolute atomic E-state index is 0.195. The molecule has 0 saturated carbocycles. The quantitative estimate of drug-likeness (QED) is 0.819. The van der Waals surface area contributed by atoms with E-state index in [0.717, 1.165) is 58.1 Å². The predicted octanol–water partition coefficient (Wildman–Crippen LogP) is 0.753. The van der Waals surface area contributed by atoms with Gasteiger partial charge in [-0.05, 0) is 12.3 Å². The number of nitrogens with zero attached hydrogens (tertiary/aromatic N) is 5. The molecule has 0 aromatic carbocycles. The van der Waals surface area contributed by atoms with Crippen LogP contribution in [0.4, 0.5) is 0 Å². The Kier molecular flexibility index (Phi) is 4.96. The first-order valence-corrected chi connectivity index (χ1v) is 8.54. The Morgan fingerprint density at radius 2 is 2.09 bits per heavy atom. The second-order valence-electron chi connectivity index (χ2n) is 6.86. The van der Waals surface area contributed by atoms with Gasteiger partial charge in [0.25, 0.3) is 0 Å². The molecule has 1 aromatic rings. The third-order valence-electron chi connectivity index (χ3n) is 5.03. The number of carbonyl (C=O) groups excluding carboxylic acids is 1. The summed E-state index contributed by atoms with van der Waals surface area (Å²) in [4.78, 5) is 22.8. The zero-order chi connectivity index (χ0) is 16.4. The van der Waals surface area contributed by atoms with E-state index in [1.54, 1.807) is 6.92 Å². The van der Waals surface area contributed by atoms with E-state index in [-0.39, 0.29) is 5.91 Å². The molecule has 2 aliphatic rings. The molecule has 0 N–H and O–H groups in total. The molecule has 23 heavy (non-hydrogen) atoms. The van der Waals surface area contributed by atoms with Crippen LogP contribution in [0.15, 0.2) is 4.52 Å². The van der Waals surface area contributed by atoms with E-state index in [4.69, 9.17) is 4.52 Å². The van der Waals surface area contributed by atoms with Gasteiger partial charge in [-0.15, -0.1) is 0 Å². The third-order valence-corrected chi connectivity index (χ3v) is 5.03. The highest BCUT2D eigenvalue weighted by molar-refractivity contribution is 5.73. The summed E-state index contributed by atoms with van der Waals surface area (Å²) in [7, 11) is 0. The Morgan fingerprint density at radius 3 is 2.78 bits per heavy atom. The van der Waals surface area contributed by atoms with Crippen molar-refractivity contribution in [3.8, 4) is 0 Å². The molecule has 0 aliphatic carbocycles. The van der Waals surface area contributed by atoms with Crippen molar-refractivity contribution in [2.75, 3.05) is 39.3 Å². The zero-order valence-corrected chi connectivity index (χ0v) is 14.4. The molecule has 1 amide bonds. The molecule has 2 fully saturated rings. The van der Waals surface area contributed by atoms with Crippen LogP contribution in [0.2, 0.25) is 0 Å². The molecule has 7 nitrogen and oxygen atoms in total. The van der Waals surface area contributed by atoms with Crippen molar-refractivity contribution in [3.63, 3.8) is 0 Å². The number of aromatic nitrogens is 2. The first-order valence-electron chi connectivity index (χ1n) is 8.54. The van der Waals surface area contributed by atoms with Crippen LogP contribution < -0.4 is 0 Å². The fraction of sp³-hybridized carbons (Fsp3) is 0.812. The van der Waals surface area contributed by atoms with Gasteiger partial charge in [-0.3, -0.25) is 14.6 Å². The first kappa shape index (κ1) is 16.4. The van der Waals surface area contributed by atoms with Crippen molar-refractivity contribution in [1.29, 1.82) is 0 Å². The lowest BCUT2D eigenvalue weighted by molar-refractivity contribution is -0.128. The van der Waals surface area contributed by atoms with Crippen LogP contribution in [-0.4, -0.2) is 76.1 Å². The lowest BCUT2D eigenvalue weighted by Crippen LogP contribution is -2.43. The highest BCUT2D eigenvalue weighted by Gasteiger charge is 2.35. The van der Waals surface area contributed by atoms with Crippen LogP contribution in [0.25, 0.3) is 0 Å². The standard InChI is InChI=1S/C16H27N5O2/c1-12-9-19(11-16-17-13(2)23-18-16)10-15(12)21-6-4-5-20(7-8-21)14(3)22/h12,15H,4-11H2,1-3H3. The highest BCUT2D eigenvalue weighted by Crippen LogP contribution is 2.24. The summed E-state index contributed by atoms with van der Waals surface area (Å²) < 4.78 is 5.06. The van der Waals surface area contributed by atoms with E-state index in [9.17, 15) is 4.79 Å². The average molecular weight is 321 g/mol. The monoisotopic (exact) mass is 321 g/mol. The molecule has 128 valence electrons. The zero-order valence-electron chi connectivity index (χ0n) is 14.4. The van der Waals surface area contributed by atoms with Gasteiger partial charge in [-0.2, -0.15) is 4.98 Å². The second kappa shape index (κ2) is 6.97. The Hall–Kier alpha value is -1.47. The Bertz CT molecular complexity index is 546. The summed E-state index contributed by atoms with van der Waals surface area (Å²) in [5.74, 6) is 2.21. The minimum Gasteiger partial charge on any atom is -0.342 e. The van der Waals surface area contributed by atoms with Gasteiger partial charge < -0.3 is 9.42 Å². The van der Waals surface area contributed by atoms with Gasteiger partial charge in [0.1, 0.15) is 0 Å². The van der Waals surface area contributed by atoms with E-state index in [2.05, 4.69) is 26.9 Å². The molecule has 2 atom stereocenters. The summed E-state index contributed by atoms with van der Waals surface area (Å²) in [5.41, 5.74) is 0. The summed E-state index contributed by atoms with van der Waals surface area (Å²) >= 11 is 0. The lowest BCUT2D eigenvalue weighted by atomic mass is 10.0. The Labute approximate surface area is 137 Å². The molecular formula is C16H27N5O2. The molecule has 0 bridgehead atoms. The van der Waals surface area contributed by atoms with E-state index in [1.165, 1.54) is 0 Å². The smallest absolute Gasteiger partial charge is 0.223 e. The van der Waals surface area contributed by atoms with Crippen molar-refractivity contribution in [3.05, 3.63) is 11.7 Å². The van der Waals surface area contributed by atoms with Crippen LogP contribution in [0.1, 0.15) is 32.0 Å². The predicted molar refractivity (Wildman–Crippen MR) is 85.7 cm³/mol. The summed E-state index contributed by atoms with van der Waals surface area (Å²) in [6.07, 6.45) is 1.06. The highest BCUT2D eigenvalue weighted by atomic mass is 16.5. The van der Waals surface area contributed by atoms with Gasteiger partial charge >= 0.3 is 0 Å². The second-order valence-corrected chi connectivity index (χ2v) is 6.86. The number of rotatable bonds is 3. The van der Waals surface area contributed by atoms with Gasteiger partial charge in [-0.1, -0.05) is 12.1 Å². The van der Waals surface area contributed by atoms with Crippen LogP contribution in [0, 0.1) is 12.8 Å². The third kappa shape index (κ3) is 3.90. The molecule has 3 heterocycles. The van der Waals surface area contributed by atoms with E-state index in [1.807, 2.05) is 11.8 Å². The number of amides is 1. The minimum atomic E-state index is 0.195. The molecular weight excluding hydrogens is 294 g/mol. The summed E-state index contributed by atoms with van der Waals surface area (Å²) in [6.45, 7) is 12.5. The molecule has 2 saturated heterocycles. The fourth-order valence-corrected chi connectivity index (χ4v) is 3.84. The van der Waals surface area contributed by atoms with Crippen molar-refractivity contribution in [1.82, 2.24) is 24.8 Å². The molecule has 2 aliphatic heterocycles. The maximum atomic E-state index is 11.6. The van der Waals surface area contributed by atoms with Crippen LogP contribution in [-0.2, 0) is 11.3 Å². The van der Waals surface area contributed by atoms with Crippen molar-refractivity contribution >= 4 is 5.91 Å². The molecule has 2 unspecified atom stereocenters. The Morgan fingerprint density at radius 1 is 1.26 bits per heavy atom. The molecule has 1 aromatic heterocycles. The van der Waals surface area contributed by atoms with Gasteiger partial charge in [0.05, 0.1) is 6.54 Å². The molecule has 7 heteroatoms. The van der Waals surface area contributed by atoms with Crippen molar-refractivity contribution in [2.24, 2.45) is 5.92 Å². The maximum Gasteiger partial charge on any atom is 0.223 e. The summed E-state index contributed by atoms with van der Waals surface area (Å²) in [5, 5.41) is 4.00.